The van der Waals surface area contributed by atoms with Crippen molar-refractivity contribution >= 4 is 10.1 Å². The van der Waals surface area contributed by atoms with Crippen LogP contribution in [0.15, 0.2) is 30.3 Å². The van der Waals surface area contributed by atoms with E-state index in [1.165, 1.54) is 6.07 Å². The molecule has 1 aromatic rings. The van der Waals surface area contributed by atoms with Gasteiger partial charge >= 0.3 is 60.5 Å². The quantitative estimate of drug-likeness (QED) is 0.154. The fourth-order valence-electron chi connectivity index (χ4n) is 1.42. The molecule has 0 heterocycles. The van der Waals surface area contributed by atoms with Gasteiger partial charge in [-0.3, -0.25) is 0 Å². The third kappa shape index (κ3) is 6.29. The summed E-state index contributed by atoms with van der Waals surface area (Å²) < 4.78 is 220. The van der Waals surface area contributed by atoms with E-state index in [4.69, 9.17) is 13.0 Å². The lowest BCUT2D eigenvalue weighted by Crippen LogP contribution is -3.68. The van der Waals surface area contributed by atoms with Crippen molar-refractivity contribution < 1.29 is 104 Å². The average molecular weight is 672 g/mol. The van der Waals surface area contributed by atoms with E-state index in [-0.39, 0.29) is 0 Å². The second-order valence-corrected chi connectivity index (χ2v) is 10.1. The second kappa shape index (κ2) is 9.65. The maximum Gasteiger partial charge on any atom is 0.516 e. The van der Waals surface area contributed by atoms with Gasteiger partial charge in [0, 0.05) is 0 Å². The standard InChI is InChI=1S/C12H5F13I.CHF3O3S/c13-7(14,9(17,18)11(21,22)23)8(15,16)10(19,20)12(24,25)26-6-4-2-1-3-5-6;2-1(3,4)8(5,6)7/h1-5H;(H,5,6,7)/q+1;/p-1. The molecule has 1 aromatic carbocycles. The highest BCUT2D eigenvalue weighted by Crippen LogP contribution is 2.59. The third-order valence-corrected chi connectivity index (χ3v) is 6.40. The Kier molecular flexibility index (Phi) is 9.30. The Balaban J connectivity index is 0.00000116. The average Bonchev–Trinajstić information content (AvgIpc) is 2.59. The molecule has 0 saturated carbocycles. The molecule has 0 atom stereocenters. The highest BCUT2D eigenvalue weighted by Gasteiger charge is 2.93. The van der Waals surface area contributed by atoms with Crippen LogP contribution in [-0.4, -0.2) is 52.3 Å². The lowest BCUT2D eigenvalue weighted by Gasteiger charge is -2.36. The normalized spacial score (nSPS) is 15.0. The topological polar surface area (TPSA) is 57.2 Å². The summed E-state index contributed by atoms with van der Waals surface area (Å²) in [5.74, 6) is -30.4. The van der Waals surface area contributed by atoms with Gasteiger partial charge in [0.2, 0.25) is 0 Å². The third-order valence-electron chi connectivity index (χ3n) is 3.14. The summed E-state index contributed by atoms with van der Waals surface area (Å²) in [7, 11) is -6.09. The van der Waals surface area contributed by atoms with Crippen LogP contribution < -0.4 is 21.2 Å². The van der Waals surface area contributed by atoms with Crippen LogP contribution in [0.2, 0.25) is 0 Å². The Hall–Kier alpha value is -1.26. The molecule has 0 spiro atoms. The van der Waals surface area contributed by atoms with E-state index in [9.17, 15) is 70.2 Å². The van der Waals surface area contributed by atoms with Gasteiger partial charge < -0.3 is 4.55 Å². The molecule has 34 heavy (non-hydrogen) atoms. The Bertz CT molecular complexity index is 924. The van der Waals surface area contributed by atoms with Crippen molar-refractivity contribution in [2.45, 2.75) is 39.3 Å². The van der Waals surface area contributed by atoms with Gasteiger partial charge in [0.15, 0.2) is 13.7 Å². The van der Waals surface area contributed by atoms with E-state index in [0.29, 0.717) is 0 Å². The summed E-state index contributed by atoms with van der Waals surface area (Å²) in [5.41, 5.74) is -5.65. The molecule has 0 amide bonds. The first-order chi connectivity index (χ1) is 14.6. The Morgan fingerprint density at radius 2 is 0.912 bits per heavy atom. The Morgan fingerprint density at radius 3 is 1.21 bits per heavy atom. The van der Waals surface area contributed by atoms with Gasteiger partial charge in [-0.05, 0) is 12.1 Å². The van der Waals surface area contributed by atoms with Crippen molar-refractivity contribution in [3.8, 4) is 0 Å². The van der Waals surface area contributed by atoms with Crippen LogP contribution in [0.3, 0.4) is 0 Å². The second-order valence-electron chi connectivity index (χ2n) is 5.58. The first-order valence-corrected chi connectivity index (χ1v) is 10.8. The van der Waals surface area contributed by atoms with Gasteiger partial charge in [-0.25, -0.2) is 8.42 Å². The minimum Gasteiger partial charge on any atom is -0.741 e. The van der Waals surface area contributed by atoms with Crippen LogP contribution in [0.25, 0.3) is 0 Å². The highest BCUT2D eigenvalue weighted by molar-refractivity contribution is 7.86. The molecule has 200 valence electrons. The molecular formula is C13H5F16IO3S. The van der Waals surface area contributed by atoms with Crippen LogP contribution in [0.1, 0.15) is 0 Å². The van der Waals surface area contributed by atoms with E-state index >= 15 is 0 Å². The molecule has 21 heteroatoms. The zero-order valence-corrected chi connectivity index (χ0v) is 17.9. The Labute approximate surface area is 188 Å². The minimum atomic E-state index is -7.84. The monoisotopic (exact) mass is 672 g/mol. The van der Waals surface area contributed by atoms with Gasteiger partial charge in [-0.1, -0.05) is 18.2 Å². The molecule has 0 aromatic heterocycles. The molecule has 0 bridgehead atoms. The maximum absolute atomic E-state index is 13.6. The molecule has 0 saturated heterocycles. The van der Waals surface area contributed by atoms with Crippen molar-refractivity contribution in [1.82, 2.24) is 0 Å². The summed E-state index contributed by atoms with van der Waals surface area (Å²) in [6.45, 7) is 0. The van der Waals surface area contributed by atoms with E-state index in [1.54, 1.807) is 0 Å². The van der Waals surface area contributed by atoms with Crippen LogP contribution >= 0.6 is 0 Å². The number of alkyl halides is 17. The van der Waals surface area contributed by atoms with Gasteiger partial charge in [-0.15, -0.1) is 0 Å². The van der Waals surface area contributed by atoms with Gasteiger partial charge in [0.05, 0.1) is 0 Å². The molecule has 0 aliphatic heterocycles. The van der Waals surface area contributed by atoms with Crippen LogP contribution in [-0.2, 0) is 10.1 Å². The number of benzene rings is 1. The fraction of sp³-hybridized carbons (Fsp3) is 0.538. The molecule has 0 unspecified atom stereocenters. The fourth-order valence-corrected chi connectivity index (χ4v) is 3.66. The van der Waals surface area contributed by atoms with E-state index in [0.717, 1.165) is 24.3 Å². The first-order valence-electron chi connectivity index (χ1n) is 7.27. The number of hydrogen-bond acceptors (Lipinski definition) is 3. The minimum absolute atomic E-state index is 0.669. The zero-order valence-electron chi connectivity index (χ0n) is 14.9. The highest BCUT2D eigenvalue weighted by atomic mass is 127. The lowest BCUT2D eigenvalue weighted by molar-refractivity contribution is -0.790. The molecule has 0 radical (unpaired) electrons. The van der Waals surface area contributed by atoms with Gasteiger partial charge in [-0.2, -0.15) is 70.2 Å². The van der Waals surface area contributed by atoms with E-state index in [1.807, 2.05) is 0 Å². The first kappa shape index (κ1) is 32.7. The predicted molar refractivity (Wildman–Crippen MR) is 71.7 cm³/mol. The SMILES string of the molecule is FC(F)(F)C(F)(F)C(F)(F)C(F)(F)C(F)(F)C(F)(F)[I+]c1ccccc1.O=S(=O)([O-])C(F)(F)F. The van der Waals surface area contributed by atoms with Crippen LogP contribution in [0.5, 0.6) is 0 Å². The van der Waals surface area contributed by atoms with Crippen molar-refractivity contribution in [3.05, 3.63) is 33.9 Å². The summed E-state index contributed by atoms with van der Waals surface area (Å²) in [5, 5.41) is 0. The molecule has 0 fully saturated rings. The van der Waals surface area contributed by atoms with Gasteiger partial charge in [0.25, 0.3) is 0 Å². The number of hydrogen-bond donors (Lipinski definition) is 0. The van der Waals surface area contributed by atoms with Crippen molar-refractivity contribution in [2.75, 3.05) is 0 Å². The number of halogens is 17. The maximum atomic E-state index is 13.6. The van der Waals surface area contributed by atoms with Crippen molar-refractivity contribution in [3.63, 3.8) is 0 Å². The largest absolute Gasteiger partial charge is 0.741 e. The van der Waals surface area contributed by atoms with Crippen LogP contribution in [0, 0.1) is 3.57 Å². The predicted octanol–water partition coefficient (Wildman–Crippen LogP) is 2.69. The van der Waals surface area contributed by atoms with E-state index in [2.05, 4.69) is 0 Å². The molecule has 3 nitrogen and oxygen atoms in total. The van der Waals surface area contributed by atoms with Crippen molar-refractivity contribution in [2.24, 2.45) is 0 Å². The molecular weight excluding hydrogens is 667 g/mol. The Morgan fingerprint density at radius 1 is 0.588 bits per heavy atom. The molecule has 0 aliphatic carbocycles. The summed E-state index contributed by atoms with van der Waals surface area (Å²) >= 11 is -3.51. The molecule has 0 N–H and O–H groups in total. The number of rotatable bonds is 6. The molecule has 0 aliphatic rings. The van der Waals surface area contributed by atoms with Gasteiger partial charge in [0.1, 0.15) is 0 Å². The van der Waals surface area contributed by atoms with Crippen molar-refractivity contribution in [1.29, 1.82) is 0 Å². The summed E-state index contributed by atoms with van der Waals surface area (Å²) in [6, 6.07) is 4.72. The summed E-state index contributed by atoms with van der Waals surface area (Å²) in [4.78, 5) is 0. The molecule has 1 rings (SSSR count). The van der Waals surface area contributed by atoms with Crippen LogP contribution in [0.4, 0.5) is 70.2 Å². The summed E-state index contributed by atoms with van der Waals surface area (Å²) in [6.07, 6.45) is -7.39. The smallest absolute Gasteiger partial charge is 0.516 e. The zero-order chi connectivity index (χ0) is 27.8. The van der Waals surface area contributed by atoms with E-state index < -0.39 is 74.2 Å². The lowest BCUT2D eigenvalue weighted by atomic mass is 9.98.